The predicted molar refractivity (Wildman–Crippen MR) is 66.5 cm³/mol. The van der Waals surface area contributed by atoms with Crippen LogP contribution in [0.5, 0.6) is 5.75 Å². The van der Waals surface area contributed by atoms with Gasteiger partial charge in [0.2, 0.25) is 0 Å². The molecule has 1 saturated carbocycles. The quantitative estimate of drug-likeness (QED) is 0.874. The molecule has 0 aliphatic heterocycles. The summed E-state index contributed by atoms with van der Waals surface area (Å²) in [7, 11) is 1.56. The molecule has 0 bridgehead atoms. The van der Waals surface area contributed by atoms with E-state index < -0.39 is 0 Å². The van der Waals surface area contributed by atoms with Crippen molar-refractivity contribution in [2.75, 3.05) is 7.11 Å². The lowest BCUT2D eigenvalue weighted by Crippen LogP contribution is -2.24. The number of ether oxygens (including phenoxy) is 1. The summed E-state index contributed by atoms with van der Waals surface area (Å²) < 4.78 is 18.3. The Morgan fingerprint density at radius 2 is 2.00 bits per heavy atom. The summed E-state index contributed by atoms with van der Waals surface area (Å²) in [6, 6.07) is 4.59. The zero-order valence-corrected chi connectivity index (χ0v) is 10.3. The summed E-state index contributed by atoms with van der Waals surface area (Å²) in [6.07, 6.45) is 6.15. The largest absolute Gasteiger partial charge is 0.496 e. The second-order valence-corrected chi connectivity index (χ2v) is 4.81. The van der Waals surface area contributed by atoms with Crippen LogP contribution in [-0.2, 0) is 0 Å². The molecule has 2 rings (SSSR count). The van der Waals surface area contributed by atoms with Crippen LogP contribution in [-0.4, -0.2) is 7.11 Å². The zero-order valence-electron chi connectivity index (χ0n) is 10.3. The predicted octanol–water partition coefficient (Wildman–Crippen LogP) is 3.41. The van der Waals surface area contributed by atoms with E-state index in [-0.39, 0.29) is 11.9 Å². The number of hydrogen-bond acceptors (Lipinski definition) is 2. The van der Waals surface area contributed by atoms with Gasteiger partial charge in [-0.2, -0.15) is 0 Å². The van der Waals surface area contributed by atoms with Crippen LogP contribution >= 0.6 is 0 Å². The Morgan fingerprint density at radius 1 is 1.29 bits per heavy atom. The number of hydrogen-bond donors (Lipinski definition) is 1. The fraction of sp³-hybridized carbons (Fsp3) is 0.571. The van der Waals surface area contributed by atoms with Crippen molar-refractivity contribution in [3.63, 3.8) is 0 Å². The Labute approximate surface area is 102 Å². The van der Waals surface area contributed by atoms with Gasteiger partial charge < -0.3 is 10.5 Å². The summed E-state index contributed by atoms with van der Waals surface area (Å²) in [5, 5.41) is 0. The van der Waals surface area contributed by atoms with E-state index in [9.17, 15) is 4.39 Å². The highest BCUT2D eigenvalue weighted by Crippen LogP contribution is 2.36. The van der Waals surface area contributed by atoms with Gasteiger partial charge in [0.25, 0.3) is 0 Å². The molecule has 1 aromatic carbocycles. The SMILES string of the molecule is COc1cc(F)ccc1[C@@H](N)C1CCCCC1. The Morgan fingerprint density at radius 3 is 2.65 bits per heavy atom. The van der Waals surface area contributed by atoms with Crippen LogP contribution in [0.1, 0.15) is 43.7 Å². The molecule has 94 valence electrons. The highest BCUT2D eigenvalue weighted by Gasteiger charge is 2.24. The molecule has 1 atom stereocenters. The molecule has 1 aliphatic carbocycles. The first-order valence-corrected chi connectivity index (χ1v) is 6.31. The Kier molecular flexibility index (Phi) is 4.00. The maximum Gasteiger partial charge on any atom is 0.126 e. The van der Waals surface area contributed by atoms with E-state index in [1.54, 1.807) is 13.2 Å². The second kappa shape index (κ2) is 5.50. The third kappa shape index (κ3) is 2.78. The first kappa shape index (κ1) is 12.4. The van der Waals surface area contributed by atoms with Crippen LogP contribution in [0, 0.1) is 11.7 Å². The highest BCUT2D eigenvalue weighted by atomic mass is 19.1. The Balaban J connectivity index is 2.19. The molecule has 2 nitrogen and oxygen atoms in total. The lowest BCUT2D eigenvalue weighted by atomic mass is 9.81. The topological polar surface area (TPSA) is 35.2 Å². The number of rotatable bonds is 3. The van der Waals surface area contributed by atoms with Crippen molar-refractivity contribution in [3.8, 4) is 5.75 Å². The molecular formula is C14H20FNO. The molecule has 3 heteroatoms. The van der Waals surface area contributed by atoms with Crippen LogP contribution in [0.25, 0.3) is 0 Å². The summed E-state index contributed by atoms with van der Waals surface area (Å²) >= 11 is 0. The normalized spacial score (nSPS) is 19.0. The van der Waals surface area contributed by atoms with Gasteiger partial charge in [-0.15, -0.1) is 0 Å². The van der Waals surface area contributed by atoms with Crippen molar-refractivity contribution < 1.29 is 9.13 Å². The second-order valence-electron chi connectivity index (χ2n) is 4.81. The van der Waals surface area contributed by atoms with Gasteiger partial charge in [0.15, 0.2) is 0 Å². The molecular weight excluding hydrogens is 217 g/mol. The highest BCUT2D eigenvalue weighted by molar-refractivity contribution is 5.36. The van der Waals surface area contributed by atoms with Crippen LogP contribution in [0.3, 0.4) is 0 Å². The number of nitrogens with two attached hydrogens (primary N) is 1. The molecule has 1 fully saturated rings. The van der Waals surface area contributed by atoms with Gasteiger partial charge in [0.1, 0.15) is 11.6 Å². The fourth-order valence-corrected chi connectivity index (χ4v) is 2.71. The average molecular weight is 237 g/mol. The summed E-state index contributed by atoms with van der Waals surface area (Å²) in [4.78, 5) is 0. The van der Waals surface area contributed by atoms with Crippen molar-refractivity contribution >= 4 is 0 Å². The first-order chi connectivity index (χ1) is 8.22. The van der Waals surface area contributed by atoms with E-state index >= 15 is 0 Å². The van der Waals surface area contributed by atoms with Gasteiger partial charge in [-0.1, -0.05) is 25.3 Å². The minimum Gasteiger partial charge on any atom is -0.496 e. The maximum atomic E-state index is 13.1. The first-order valence-electron chi connectivity index (χ1n) is 6.31. The van der Waals surface area contributed by atoms with Crippen LogP contribution in [0.15, 0.2) is 18.2 Å². The summed E-state index contributed by atoms with van der Waals surface area (Å²) in [5.41, 5.74) is 7.23. The van der Waals surface area contributed by atoms with E-state index in [1.165, 1.54) is 44.2 Å². The van der Waals surface area contributed by atoms with Gasteiger partial charge in [0, 0.05) is 17.7 Å². The molecule has 17 heavy (non-hydrogen) atoms. The molecule has 0 saturated heterocycles. The zero-order chi connectivity index (χ0) is 12.3. The smallest absolute Gasteiger partial charge is 0.126 e. The van der Waals surface area contributed by atoms with Crippen LogP contribution in [0.2, 0.25) is 0 Å². The molecule has 2 N–H and O–H groups in total. The molecule has 0 spiro atoms. The van der Waals surface area contributed by atoms with Crippen molar-refractivity contribution in [1.29, 1.82) is 0 Å². The van der Waals surface area contributed by atoms with Gasteiger partial charge in [-0.25, -0.2) is 4.39 Å². The van der Waals surface area contributed by atoms with Crippen molar-refractivity contribution in [1.82, 2.24) is 0 Å². The van der Waals surface area contributed by atoms with Crippen molar-refractivity contribution in [2.45, 2.75) is 38.1 Å². The molecule has 0 radical (unpaired) electrons. The van der Waals surface area contributed by atoms with Gasteiger partial charge in [-0.3, -0.25) is 0 Å². The molecule has 0 heterocycles. The number of methoxy groups -OCH3 is 1. The average Bonchev–Trinajstić information content (AvgIpc) is 2.39. The van der Waals surface area contributed by atoms with E-state index in [4.69, 9.17) is 10.5 Å². The molecule has 1 aromatic rings. The third-order valence-electron chi connectivity index (χ3n) is 3.71. The fourth-order valence-electron chi connectivity index (χ4n) is 2.71. The number of benzene rings is 1. The van der Waals surface area contributed by atoms with E-state index in [1.807, 2.05) is 0 Å². The van der Waals surface area contributed by atoms with Crippen LogP contribution in [0.4, 0.5) is 4.39 Å². The van der Waals surface area contributed by atoms with Crippen LogP contribution < -0.4 is 10.5 Å². The maximum absolute atomic E-state index is 13.1. The third-order valence-corrected chi connectivity index (χ3v) is 3.71. The Bertz CT molecular complexity index is 374. The monoisotopic (exact) mass is 237 g/mol. The minimum absolute atomic E-state index is 0.0363. The molecule has 0 aromatic heterocycles. The number of halogens is 1. The molecule has 0 amide bonds. The minimum atomic E-state index is -0.276. The lowest BCUT2D eigenvalue weighted by Gasteiger charge is -2.28. The van der Waals surface area contributed by atoms with E-state index in [0.29, 0.717) is 11.7 Å². The van der Waals surface area contributed by atoms with Gasteiger partial charge in [0.05, 0.1) is 7.11 Å². The van der Waals surface area contributed by atoms with Crippen molar-refractivity contribution in [3.05, 3.63) is 29.6 Å². The Hall–Kier alpha value is -1.09. The molecule has 1 aliphatic rings. The van der Waals surface area contributed by atoms with Gasteiger partial charge >= 0.3 is 0 Å². The standard InChI is InChI=1S/C14H20FNO/c1-17-13-9-11(15)7-8-12(13)14(16)10-5-3-2-4-6-10/h7-10,14H,2-6,16H2,1H3/t14-/m0/s1. The molecule has 0 unspecified atom stereocenters. The van der Waals surface area contributed by atoms with Crippen molar-refractivity contribution in [2.24, 2.45) is 11.7 Å². The van der Waals surface area contributed by atoms with E-state index in [0.717, 1.165) is 5.56 Å². The van der Waals surface area contributed by atoms with E-state index in [2.05, 4.69) is 0 Å². The summed E-state index contributed by atoms with van der Waals surface area (Å²) in [5.74, 6) is 0.799. The van der Waals surface area contributed by atoms with Gasteiger partial charge in [-0.05, 0) is 24.8 Å². The lowest BCUT2D eigenvalue weighted by molar-refractivity contribution is 0.300. The summed E-state index contributed by atoms with van der Waals surface area (Å²) in [6.45, 7) is 0.